The molecule has 1 heterocycles. The van der Waals surface area contributed by atoms with Crippen molar-refractivity contribution in [3.8, 4) is 5.75 Å². The summed E-state index contributed by atoms with van der Waals surface area (Å²) in [6, 6.07) is 6.52. The van der Waals surface area contributed by atoms with Crippen molar-refractivity contribution in [3.63, 3.8) is 0 Å². The van der Waals surface area contributed by atoms with Gasteiger partial charge < -0.3 is 20.6 Å². The number of phenols is 1. The number of hydrogen-bond acceptors (Lipinski definition) is 7. The van der Waals surface area contributed by atoms with Gasteiger partial charge in [-0.3, -0.25) is 14.4 Å². The first kappa shape index (κ1) is 22.6. The van der Waals surface area contributed by atoms with Crippen LogP contribution in [0.2, 0.25) is 0 Å². The lowest BCUT2D eigenvalue weighted by Crippen LogP contribution is -2.39. The van der Waals surface area contributed by atoms with Crippen LogP contribution in [0.3, 0.4) is 0 Å². The third kappa shape index (κ3) is 4.34. The minimum atomic E-state index is -0.666. The predicted molar refractivity (Wildman–Crippen MR) is 126 cm³/mol. The molecule has 0 spiro atoms. The molecule has 7 nitrogen and oxygen atoms in total. The van der Waals surface area contributed by atoms with Gasteiger partial charge in [-0.25, -0.2) is 0 Å². The van der Waals surface area contributed by atoms with Crippen LogP contribution in [0.25, 0.3) is 0 Å². The number of amides is 1. The predicted octanol–water partition coefficient (Wildman–Crippen LogP) is 4.00. The number of aryl methyl sites for hydroxylation is 1. The molecule has 8 heteroatoms. The van der Waals surface area contributed by atoms with Crippen LogP contribution in [0.5, 0.6) is 5.75 Å². The number of carbonyl (C=O) groups excluding carboxylic acids is 1. The van der Waals surface area contributed by atoms with Crippen molar-refractivity contribution in [2.75, 3.05) is 24.7 Å². The maximum Gasteiger partial charge on any atom is 0.257 e. The van der Waals surface area contributed by atoms with Crippen molar-refractivity contribution in [2.24, 2.45) is 5.41 Å². The van der Waals surface area contributed by atoms with Crippen LogP contribution >= 0.6 is 11.3 Å². The van der Waals surface area contributed by atoms with Crippen molar-refractivity contribution in [1.29, 1.82) is 0 Å². The lowest BCUT2D eigenvalue weighted by atomic mass is 9.85. The van der Waals surface area contributed by atoms with Gasteiger partial charge in [0.05, 0.1) is 17.3 Å². The molecule has 1 amide bonds. The number of carbonyl (C=O) groups is 1. The molecule has 2 aromatic carbocycles. The van der Waals surface area contributed by atoms with E-state index in [-0.39, 0.29) is 45.7 Å². The second-order valence-electron chi connectivity index (χ2n) is 8.90. The minimum Gasteiger partial charge on any atom is -0.505 e. The standard InChI is InChI=1S/C23H27N3O4S/c1-12-10-15(31-11-12)21(23(2,3)4)25-17-16(19(28)20(17)29)24-14-9-7-8-13(18(14)27)22(30)26(5)6/h7-11,21,24-25,27H,1-6H3/t21-/m0/s1. The molecule has 0 fully saturated rings. The highest BCUT2D eigenvalue weighted by Gasteiger charge is 2.32. The Hall–Kier alpha value is -3.13. The van der Waals surface area contributed by atoms with Gasteiger partial charge in [-0.15, -0.1) is 11.3 Å². The first-order chi connectivity index (χ1) is 14.4. The van der Waals surface area contributed by atoms with Crippen molar-refractivity contribution < 1.29 is 9.90 Å². The summed E-state index contributed by atoms with van der Waals surface area (Å²) in [7, 11) is 3.17. The number of benzene rings is 1. The average Bonchev–Trinajstić information content (AvgIpc) is 3.12. The summed E-state index contributed by atoms with van der Waals surface area (Å²) in [6.07, 6.45) is 0. The fourth-order valence-corrected chi connectivity index (χ4v) is 4.50. The van der Waals surface area contributed by atoms with Gasteiger partial charge in [0.2, 0.25) is 0 Å². The second-order valence-corrected chi connectivity index (χ2v) is 9.85. The van der Waals surface area contributed by atoms with E-state index in [4.69, 9.17) is 0 Å². The van der Waals surface area contributed by atoms with Gasteiger partial charge >= 0.3 is 0 Å². The topological polar surface area (TPSA) is 98.7 Å². The second kappa shape index (κ2) is 8.19. The van der Waals surface area contributed by atoms with Gasteiger partial charge in [-0.1, -0.05) is 26.8 Å². The van der Waals surface area contributed by atoms with Gasteiger partial charge in [0, 0.05) is 19.0 Å². The molecule has 0 radical (unpaired) electrons. The molecular formula is C23H27N3O4S. The molecule has 0 aliphatic rings. The Morgan fingerprint density at radius 3 is 2.32 bits per heavy atom. The van der Waals surface area contributed by atoms with E-state index >= 15 is 0 Å². The minimum absolute atomic E-state index is 0.0808. The van der Waals surface area contributed by atoms with Crippen LogP contribution in [0, 0.1) is 12.3 Å². The molecule has 0 saturated carbocycles. The maximum absolute atomic E-state index is 12.4. The average molecular weight is 442 g/mol. The zero-order valence-corrected chi connectivity index (χ0v) is 19.3. The van der Waals surface area contributed by atoms with E-state index in [0.717, 1.165) is 10.4 Å². The highest BCUT2D eigenvalue weighted by atomic mass is 32.1. The first-order valence-electron chi connectivity index (χ1n) is 9.87. The third-order valence-corrected chi connectivity index (χ3v) is 6.15. The van der Waals surface area contributed by atoms with Crippen molar-refractivity contribution in [3.05, 3.63) is 66.1 Å². The van der Waals surface area contributed by atoms with Crippen molar-refractivity contribution >= 4 is 34.3 Å². The summed E-state index contributed by atoms with van der Waals surface area (Å²) >= 11 is 1.59. The monoisotopic (exact) mass is 441 g/mol. The number of rotatable bonds is 6. The first-order valence-corrected chi connectivity index (χ1v) is 10.7. The number of hydrogen-bond donors (Lipinski definition) is 3. The summed E-state index contributed by atoms with van der Waals surface area (Å²) in [5.41, 5.74) is 0.177. The Labute approximate surface area is 185 Å². The van der Waals surface area contributed by atoms with E-state index < -0.39 is 10.9 Å². The highest BCUT2D eigenvalue weighted by Crippen LogP contribution is 2.40. The molecule has 3 aromatic rings. The molecular weight excluding hydrogens is 414 g/mol. The van der Waals surface area contributed by atoms with Crippen LogP contribution in [0.4, 0.5) is 17.1 Å². The van der Waals surface area contributed by atoms with Gasteiger partial charge in [0.25, 0.3) is 16.8 Å². The Kier molecular flexibility index (Phi) is 5.96. The zero-order chi connectivity index (χ0) is 23.1. The van der Waals surface area contributed by atoms with Crippen molar-refractivity contribution in [1.82, 2.24) is 4.90 Å². The van der Waals surface area contributed by atoms with Gasteiger partial charge in [0.1, 0.15) is 11.4 Å². The summed E-state index contributed by atoms with van der Waals surface area (Å²) < 4.78 is 0. The Bertz CT molecular complexity index is 1200. The summed E-state index contributed by atoms with van der Waals surface area (Å²) in [6.45, 7) is 8.18. The fraction of sp³-hybridized carbons (Fsp3) is 0.348. The summed E-state index contributed by atoms with van der Waals surface area (Å²) in [4.78, 5) is 39.4. The number of nitrogens with one attached hydrogen (secondary N) is 2. The number of nitrogens with zero attached hydrogens (tertiary/aromatic N) is 1. The van der Waals surface area contributed by atoms with Crippen LogP contribution < -0.4 is 21.5 Å². The van der Waals surface area contributed by atoms with Crippen molar-refractivity contribution in [2.45, 2.75) is 33.7 Å². The lowest BCUT2D eigenvalue weighted by molar-refractivity contribution is 0.0824. The van der Waals surface area contributed by atoms with Gasteiger partial charge in [-0.2, -0.15) is 0 Å². The molecule has 1 atom stereocenters. The van der Waals surface area contributed by atoms with Crippen LogP contribution in [-0.2, 0) is 0 Å². The number of thiophene rings is 1. The normalized spacial score (nSPS) is 12.6. The molecule has 0 aliphatic carbocycles. The molecule has 0 aliphatic heterocycles. The van der Waals surface area contributed by atoms with Crippen LogP contribution in [0.1, 0.15) is 47.6 Å². The highest BCUT2D eigenvalue weighted by molar-refractivity contribution is 7.10. The van der Waals surface area contributed by atoms with Crippen LogP contribution in [0.15, 0.2) is 39.2 Å². The van der Waals surface area contributed by atoms with E-state index in [1.165, 1.54) is 11.0 Å². The smallest absolute Gasteiger partial charge is 0.257 e. The van der Waals surface area contributed by atoms with E-state index in [9.17, 15) is 19.5 Å². The number of para-hydroxylation sites is 1. The molecule has 0 saturated heterocycles. The largest absolute Gasteiger partial charge is 0.505 e. The molecule has 0 unspecified atom stereocenters. The molecule has 0 bridgehead atoms. The number of anilines is 3. The third-order valence-electron chi connectivity index (χ3n) is 5.03. The SMILES string of the molecule is Cc1csc([C@H](Nc2c(Nc3cccc(C(=O)N(C)C)c3O)c(=O)c2=O)C(C)(C)C)c1. The zero-order valence-electron chi connectivity index (χ0n) is 18.5. The molecule has 31 heavy (non-hydrogen) atoms. The maximum atomic E-state index is 12.4. The molecule has 3 rings (SSSR count). The number of phenolic OH excluding ortho intramolecular Hbond substituents is 1. The fourth-order valence-electron chi connectivity index (χ4n) is 3.30. The van der Waals surface area contributed by atoms with Crippen LogP contribution in [-0.4, -0.2) is 30.0 Å². The Balaban J connectivity index is 1.96. The van der Waals surface area contributed by atoms with E-state index in [1.54, 1.807) is 37.6 Å². The van der Waals surface area contributed by atoms with E-state index in [1.807, 2.05) is 12.3 Å². The van der Waals surface area contributed by atoms with E-state index in [2.05, 4.69) is 37.5 Å². The Morgan fingerprint density at radius 2 is 1.77 bits per heavy atom. The summed E-state index contributed by atoms with van der Waals surface area (Å²) in [5, 5.41) is 18.7. The summed E-state index contributed by atoms with van der Waals surface area (Å²) in [5.74, 6) is -0.646. The molecule has 3 N–H and O–H groups in total. The Morgan fingerprint density at radius 1 is 1.13 bits per heavy atom. The van der Waals surface area contributed by atoms with E-state index in [0.29, 0.717) is 0 Å². The van der Waals surface area contributed by atoms with Gasteiger partial charge in [0.15, 0.2) is 5.75 Å². The quantitative estimate of drug-likeness (QED) is 0.395. The molecule has 164 valence electrons. The van der Waals surface area contributed by atoms with Gasteiger partial charge in [-0.05, 0) is 41.5 Å². The number of aromatic hydroxyl groups is 1. The molecule has 1 aromatic heterocycles. The lowest BCUT2D eigenvalue weighted by Gasteiger charge is -2.32.